The molecule has 1 aliphatic heterocycles. The van der Waals surface area contributed by atoms with Crippen molar-refractivity contribution < 1.29 is 4.39 Å². The molecule has 1 aliphatic rings. The topological polar surface area (TPSA) is 49.8 Å². The summed E-state index contributed by atoms with van der Waals surface area (Å²) in [6.45, 7) is 1.54. The molecule has 4 nitrogen and oxygen atoms in total. The quantitative estimate of drug-likeness (QED) is 0.828. The molecule has 86 valence electrons. The zero-order chi connectivity index (χ0) is 11.7. The maximum absolute atomic E-state index is 12.8. The number of nitrogens with zero attached hydrogens (tertiary/aromatic N) is 2. The molecule has 3 rings (SSSR count). The van der Waals surface area contributed by atoms with Crippen LogP contribution in [0.25, 0.3) is 0 Å². The third-order valence-electron chi connectivity index (χ3n) is 2.74. The van der Waals surface area contributed by atoms with E-state index in [-0.39, 0.29) is 5.82 Å². The molecule has 0 atom stereocenters. The minimum absolute atomic E-state index is 0.245. The standard InChI is InChI=1S/C12H11FN4/c13-8-1-3-9(4-2-8)17-12-10-5-14-6-11(10)15-7-16-12/h1-4,7,14H,5-6H2,(H,15,16,17). The number of hydrogen-bond acceptors (Lipinski definition) is 4. The van der Waals surface area contributed by atoms with Crippen molar-refractivity contribution in [1.82, 2.24) is 15.3 Å². The summed E-state index contributed by atoms with van der Waals surface area (Å²) < 4.78 is 12.8. The Morgan fingerprint density at radius 1 is 1.12 bits per heavy atom. The van der Waals surface area contributed by atoms with Crippen LogP contribution >= 0.6 is 0 Å². The summed E-state index contributed by atoms with van der Waals surface area (Å²) in [4.78, 5) is 8.41. The first kappa shape index (κ1) is 10.2. The van der Waals surface area contributed by atoms with Crippen LogP contribution < -0.4 is 10.6 Å². The maximum atomic E-state index is 12.8. The van der Waals surface area contributed by atoms with E-state index in [0.717, 1.165) is 35.9 Å². The summed E-state index contributed by atoms with van der Waals surface area (Å²) in [6, 6.07) is 6.21. The largest absolute Gasteiger partial charge is 0.340 e. The van der Waals surface area contributed by atoms with Gasteiger partial charge in [-0.2, -0.15) is 0 Å². The average Bonchev–Trinajstić information content (AvgIpc) is 2.81. The summed E-state index contributed by atoms with van der Waals surface area (Å²) in [6.07, 6.45) is 1.54. The van der Waals surface area contributed by atoms with Crippen molar-refractivity contribution in [1.29, 1.82) is 0 Å². The summed E-state index contributed by atoms with van der Waals surface area (Å²) in [5.41, 5.74) is 2.92. The Hall–Kier alpha value is -2.01. The Morgan fingerprint density at radius 2 is 1.94 bits per heavy atom. The van der Waals surface area contributed by atoms with E-state index in [0.29, 0.717) is 0 Å². The average molecular weight is 230 g/mol. The Bertz CT molecular complexity index is 539. The first-order valence-electron chi connectivity index (χ1n) is 5.39. The summed E-state index contributed by atoms with van der Waals surface area (Å²) in [7, 11) is 0. The third kappa shape index (κ3) is 1.97. The van der Waals surface area contributed by atoms with E-state index in [9.17, 15) is 4.39 Å². The maximum Gasteiger partial charge on any atom is 0.138 e. The van der Waals surface area contributed by atoms with Crippen LogP contribution in [0.15, 0.2) is 30.6 Å². The third-order valence-corrected chi connectivity index (χ3v) is 2.74. The molecular formula is C12H11FN4. The van der Waals surface area contributed by atoms with E-state index in [4.69, 9.17) is 0 Å². The van der Waals surface area contributed by atoms with E-state index in [1.54, 1.807) is 12.1 Å². The van der Waals surface area contributed by atoms with Crippen LogP contribution in [0, 0.1) is 5.82 Å². The fourth-order valence-corrected chi connectivity index (χ4v) is 1.87. The van der Waals surface area contributed by atoms with Gasteiger partial charge in [-0.15, -0.1) is 0 Å². The van der Waals surface area contributed by atoms with E-state index >= 15 is 0 Å². The van der Waals surface area contributed by atoms with Gasteiger partial charge in [-0.25, -0.2) is 14.4 Å². The number of halogens is 1. The molecular weight excluding hydrogens is 219 g/mol. The van der Waals surface area contributed by atoms with Crippen molar-refractivity contribution in [3.63, 3.8) is 0 Å². The Balaban J connectivity index is 1.91. The van der Waals surface area contributed by atoms with Crippen molar-refractivity contribution in [3.05, 3.63) is 47.7 Å². The first-order valence-corrected chi connectivity index (χ1v) is 5.39. The van der Waals surface area contributed by atoms with Crippen molar-refractivity contribution in [3.8, 4) is 0 Å². The number of fused-ring (bicyclic) bond motifs is 1. The fraction of sp³-hybridized carbons (Fsp3) is 0.167. The lowest BCUT2D eigenvalue weighted by Gasteiger charge is -2.08. The van der Waals surface area contributed by atoms with Gasteiger partial charge < -0.3 is 10.6 Å². The molecule has 0 aliphatic carbocycles. The van der Waals surface area contributed by atoms with Crippen LogP contribution in [-0.2, 0) is 13.1 Å². The fourth-order valence-electron chi connectivity index (χ4n) is 1.87. The molecule has 0 saturated heterocycles. The van der Waals surface area contributed by atoms with Crippen molar-refractivity contribution in [2.24, 2.45) is 0 Å². The number of hydrogen-bond donors (Lipinski definition) is 2. The highest BCUT2D eigenvalue weighted by molar-refractivity contribution is 5.60. The minimum Gasteiger partial charge on any atom is -0.340 e. The van der Waals surface area contributed by atoms with Gasteiger partial charge in [-0.3, -0.25) is 0 Å². The van der Waals surface area contributed by atoms with Gasteiger partial charge in [0.25, 0.3) is 0 Å². The van der Waals surface area contributed by atoms with Crippen LogP contribution in [0.2, 0.25) is 0 Å². The van der Waals surface area contributed by atoms with Crippen molar-refractivity contribution in [2.45, 2.75) is 13.1 Å². The van der Waals surface area contributed by atoms with Gasteiger partial charge in [0.15, 0.2) is 0 Å². The van der Waals surface area contributed by atoms with Gasteiger partial charge in [0.2, 0.25) is 0 Å². The molecule has 0 saturated carbocycles. The highest BCUT2D eigenvalue weighted by Crippen LogP contribution is 2.23. The SMILES string of the molecule is Fc1ccc(Nc2ncnc3c2CNC3)cc1. The predicted octanol–water partition coefficient (Wildman–Crippen LogP) is 1.96. The number of rotatable bonds is 2. The molecule has 0 fully saturated rings. The molecule has 0 radical (unpaired) electrons. The highest BCUT2D eigenvalue weighted by atomic mass is 19.1. The van der Waals surface area contributed by atoms with Crippen LogP contribution in [0.5, 0.6) is 0 Å². The number of nitrogens with one attached hydrogen (secondary N) is 2. The zero-order valence-electron chi connectivity index (χ0n) is 9.07. The monoisotopic (exact) mass is 230 g/mol. The lowest BCUT2D eigenvalue weighted by molar-refractivity contribution is 0.628. The molecule has 5 heteroatoms. The lowest BCUT2D eigenvalue weighted by atomic mass is 10.2. The molecule has 0 amide bonds. The number of aromatic nitrogens is 2. The molecule has 0 spiro atoms. The van der Waals surface area contributed by atoms with Crippen LogP contribution in [-0.4, -0.2) is 9.97 Å². The van der Waals surface area contributed by atoms with E-state index < -0.39 is 0 Å². The second kappa shape index (κ2) is 4.10. The first-order chi connectivity index (χ1) is 8.33. The summed E-state index contributed by atoms with van der Waals surface area (Å²) in [5, 5.41) is 6.39. The van der Waals surface area contributed by atoms with Gasteiger partial charge >= 0.3 is 0 Å². The van der Waals surface area contributed by atoms with Crippen LogP contribution in [0.4, 0.5) is 15.9 Å². The minimum atomic E-state index is -0.245. The molecule has 1 aromatic heterocycles. The van der Waals surface area contributed by atoms with Gasteiger partial charge in [0, 0.05) is 24.3 Å². The van der Waals surface area contributed by atoms with Crippen LogP contribution in [0.3, 0.4) is 0 Å². The normalized spacial score (nSPS) is 13.5. The molecule has 2 heterocycles. The Labute approximate surface area is 97.9 Å². The second-order valence-electron chi connectivity index (χ2n) is 3.88. The summed E-state index contributed by atoms with van der Waals surface area (Å²) >= 11 is 0. The second-order valence-corrected chi connectivity index (χ2v) is 3.88. The van der Waals surface area contributed by atoms with Gasteiger partial charge in [-0.1, -0.05) is 0 Å². The van der Waals surface area contributed by atoms with E-state index in [1.807, 2.05) is 0 Å². The van der Waals surface area contributed by atoms with Gasteiger partial charge in [0.05, 0.1) is 5.69 Å². The number of anilines is 2. The number of benzene rings is 1. The van der Waals surface area contributed by atoms with Crippen LogP contribution in [0.1, 0.15) is 11.3 Å². The van der Waals surface area contributed by atoms with Crippen molar-refractivity contribution in [2.75, 3.05) is 5.32 Å². The van der Waals surface area contributed by atoms with E-state index in [2.05, 4.69) is 20.6 Å². The molecule has 17 heavy (non-hydrogen) atoms. The zero-order valence-corrected chi connectivity index (χ0v) is 9.07. The summed E-state index contributed by atoms with van der Waals surface area (Å²) in [5.74, 6) is 0.539. The highest BCUT2D eigenvalue weighted by Gasteiger charge is 2.16. The van der Waals surface area contributed by atoms with Crippen molar-refractivity contribution >= 4 is 11.5 Å². The predicted molar refractivity (Wildman–Crippen MR) is 62.3 cm³/mol. The molecule has 2 N–H and O–H groups in total. The molecule has 0 bridgehead atoms. The lowest BCUT2D eigenvalue weighted by Crippen LogP contribution is -2.02. The molecule has 1 aromatic carbocycles. The molecule has 0 unspecified atom stereocenters. The van der Waals surface area contributed by atoms with E-state index in [1.165, 1.54) is 18.5 Å². The van der Waals surface area contributed by atoms with Gasteiger partial charge in [-0.05, 0) is 24.3 Å². The van der Waals surface area contributed by atoms with Gasteiger partial charge in [0.1, 0.15) is 18.0 Å². The smallest absolute Gasteiger partial charge is 0.138 e. The Kier molecular flexibility index (Phi) is 2.45. The molecule has 2 aromatic rings. The Morgan fingerprint density at radius 3 is 2.76 bits per heavy atom.